The molecular weight excluding hydrogens is 158 g/mol. The van der Waals surface area contributed by atoms with Gasteiger partial charge in [0, 0.05) is 5.54 Å². The molecule has 80 valence electrons. The third-order valence-electron chi connectivity index (χ3n) is 2.57. The van der Waals surface area contributed by atoms with Crippen LogP contribution in [-0.4, -0.2) is 24.0 Å². The summed E-state index contributed by atoms with van der Waals surface area (Å²) in [5, 5.41) is 0. The fourth-order valence-electron chi connectivity index (χ4n) is 1.18. The minimum Gasteiger partial charge on any atom is -0.302 e. The first-order valence-electron chi connectivity index (χ1n) is 5.34. The minimum absolute atomic E-state index is 0.317. The quantitative estimate of drug-likeness (QED) is 0.650. The summed E-state index contributed by atoms with van der Waals surface area (Å²) in [4.78, 5) is 2.43. The summed E-state index contributed by atoms with van der Waals surface area (Å²) in [5.74, 6) is 0. The largest absolute Gasteiger partial charge is 0.302 e. The van der Waals surface area contributed by atoms with E-state index in [9.17, 15) is 0 Å². The van der Waals surface area contributed by atoms with Crippen molar-refractivity contribution in [1.82, 2.24) is 4.90 Å². The second-order valence-electron chi connectivity index (χ2n) is 6.26. The van der Waals surface area contributed by atoms with Crippen LogP contribution in [0.3, 0.4) is 0 Å². The van der Waals surface area contributed by atoms with Gasteiger partial charge in [-0.2, -0.15) is 0 Å². The van der Waals surface area contributed by atoms with Gasteiger partial charge in [-0.15, -0.1) is 0 Å². The predicted octanol–water partition coefficient (Wildman–Crippen LogP) is 3.54. The Morgan fingerprint density at radius 2 is 1.38 bits per heavy atom. The van der Waals surface area contributed by atoms with Crippen molar-refractivity contribution in [2.24, 2.45) is 5.41 Å². The molecule has 0 radical (unpaired) electrons. The fourth-order valence-corrected chi connectivity index (χ4v) is 1.18. The van der Waals surface area contributed by atoms with Crippen molar-refractivity contribution in [2.75, 3.05) is 13.6 Å². The van der Waals surface area contributed by atoms with Crippen molar-refractivity contribution >= 4 is 0 Å². The van der Waals surface area contributed by atoms with Gasteiger partial charge < -0.3 is 4.90 Å². The lowest BCUT2D eigenvalue weighted by Crippen LogP contribution is -2.38. The van der Waals surface area contributed by atoms with Gasteiger partial charge >= 0.3 is 0 Å². The highest BCUT2D eigenvalue weighted by atomic mass is 15.1. The van der Waals surface area contributed by atoms with Crippen molar-refractivity contribution < 1.29 is 0 Å². The molecule has 1 nitrogen and oxygen atoms in total. The molecule has 0 heterocycles. The molecular formula is C12H27N. The number of hydrogen-bond donors (Lipinski definition) is 0. The van der Waals surface area contributed by atoms with Gasteiger partial charge in [-0.25, -0.2) is 0 Å². The normalized spacial score (nSPS) is 13.8. The lowest BCUT2D eigenvalue weighted by atomic mass is 9.90. The first-order chi connectivity index (χ1) is 5.63. The smallest absolute Gasteiger partial charge is 0.0122 e. The Bertz CT molecular complexity index is 136. The zero-order valence-corrected chi connectivity index (χ0v) is 10.6. The van der Waals surface area contributed by atoms with E-state index >= 15 is 0 Å². The summed E-state index contributed by atoms with van der Waals surface area (Å²) in [6.07, 6.45) is 2.62. The van der Waals surface area contributed by atoms with E-state index in [-0.39, 0.29) is 0 Å². The molecule has 0 bridgehead atoms. The van der Waals surface area contributed by atoms with Gasteiger partial charge in [0.25, 0.3) is 0 Å². The summed E-state index contributed by atoms with van der Waals surface area (Å²) in [6, 6.07) is 0. The first kappa shape index (κ1) is 13.0. The van der Waals surface area contributed by atoms with Crippen LogP contribution >= 0.6 is 0 Å². The Morgan fingerprint density at radius 1 is 0.923 bits per heavy atom. The molecule has 0 aromatic heterocycles. The molecule has 0 fully saturated rings. The maximum atomic E-state index is 2.43. The van der Waals surface area contributed by atoms with E-state index in [0.717, 1.165) is 0 Å². The van der Waals surface area contributed by atoms with Crippen LogP contribution in [-0.2, 0) is 0 Å². The van der Waals surface area contributed by atoms with Crippen LogP contribution in [0.4, 0.5) is 0 Å². The Kier molecular flexibility index (Phi) is 4.44. The van der Waals surface area contributed by atoms with E-state index < -0.39 is 0 Å². The van der Waals surface area contributed by atoms with Gasteiger partial charge in [0.05, 0.1) is 0 Å². The predicted molar refractivity (Wildman–Crippen MR) is 61.1 cm³/mol. The third-order valence-corrected chi connectivity index (χ3v) is 2.57. The second-order valence-corrected chi connectivity index (χ2v) is 6.26. The highest BCUT2D eigenvalue weighted by Gasteiger charge is 2.17. The van der Waals surface area contributed by atoms with Gasteiger partial charge in [0.15, 0.2) is 0 Å². The van der Waals surface area contributed by atoms with Crippen molar-refractivity contribution in [3.63, 3.8) is 0 Å². The molecule has 0 aliphatic rings. The van der Waals surface area contributed by atoms with Gasteiger partial charge in [0.2, 0.25) is 0 Å². The van der Waals surface area contributed by atoms with Crippen LogP contribution in [0.5, 0.6) is 0 Å². The van der Waals surface area contributed by atoms with Gasteiger partial charge in [-0.1, -0.05) is 20.8 Å². The molecule has 0 aromatic rings. The second kappa shape index (κ2) is 4.45. The summed E-state index contributed by atoms with van der Waals surface area (Å²) >= 11 is 0. The standard InChI is InChI=1S/C12H27N/c1-11(2,3)9-8-10-13(7)12(4,5)6/h8-10H2,1-7H3. The molecule has 1 heteroatoms. The SMILES string of the molecule is CN(CCCC(C)(C)C)C(C)(C)C. The zero-order valence-electron chi connectivity index (χ0n) is 10.6. The van der Waals surface area contributed by atoms with Gasteiger partial charge in [-0.3, -0.25) is 0 Å². The van der Waals surface area contributed by atoms with Crippen LogP contribution in [0.25, 0.3) is 0 Å². The molecule has 0 aromatic carbocycles. The third kappa shape index (κ3) is 7.06. The van der Waals surface area contributed by atoms with Crippen LogP contribution in [0.1, 0.15) is 54.4 Å². The Labute approximate surface area is 84.5 Å². The maximum Gasteiger partial charge on any atom is 0.0122 e. The van der Waals surface area contributed by atoms with Crippen molar-refractivity contribution in [2.45, 2.75) is 59.9 Å². The number of nitrogens with zero attached hydrogens (tertiary/aromatic N) is 1. The lowest BCUT2D eigenvalue weighted by Gasteiger charge is -2.32. The first-order valence-corrected chi connectivity index (χ1v) is 5.34. The molecule has 13 heavy (non-hydrogen) atoms. The molecule has 0 spiro atoms. The van der Waals surface area contributed by atoms with E-state index in [1.54, 1.807) is 0 Å². The highest BCUT2D eigenvalue weighted by molar-refractivity contribution is 4.73. The van der Waals surface area contributed by atoms with E-state index in [1.807, 2.05) is 0 Å². The fraction of sp³-hybridized carbons (Fsp3) is 1.00. The molecule has 0 amide bonds. The molecule has 0 aliphatic carbocycles. The Hall–Kier alpha value is -0.0400. The zero-order chi connectivity index (χ0) is 10.7. The summed E-state index contributed by atoms with van der Waals surface area (Å²) in [6.45, 7) is 14.9. The van der Waals surface area contributed by atoms with Crippen molar-refractivity contribution in [1.29, 1.82) is 0 Å². The Balaban J connectivity index is 3.67. The van der Waals surface area contributed by atoms with Crippen LogP contribution in [0.15, 0.2) is 0 Å². The number of rotatable bonds is 3. The number of hydrogen-bond acceptors (Lipinski definition) is 1. The summed E-state index contributed by atoms with van der Waals surface area (Å²) in [7, 11) is 2.21. The molecule has 0 saturated carbocycles. The van der Waals surface area contributed by atoms with Gasteiger partial charge in [-0.05, 0) is 52.6 Å². The van der Waals surface area contributed by atoms with E-state index in [0.29, 0.717) is 11.0 Å². The molecule has 0 saturated heterocycles. The average molecular weight is 185 g/mol. The minimum atomic E-state index is 0.317. The van der Waals surface area contributed by atoms with E-state index in [1.165, 1.54) is 19.4 Å². The topological polar surface area (TPSA) is 3.24 Å². The van der Waals surface area contributed by atoms with Crippen LogP contribution in [0, 0.1) is 5.41 Å². The maximum absolute atomic E-state index is 2.43. The van der Waals surface area contributed by atoms with Crippen molar-refractivity contribution in [3.8, 4) is 0 Å². The van der Waals surface area contributed by atoms with Gasteiger partial charge in [0.1, 0.15) is 0 Å². The molecule has 0 N–H and O–H groups in total. The molecule has 0 rings (SSSR count). The Morgan fingerprint density at radius 3 is 1.69 bits per heavy atom. The summed E-state index contributed by atoms with van der Waals surface area (Å²) in [5.41, 5.74) is 0.802. The summed E-state index contributed by atoms with van der Waals surface area (Å²) < 4.78 is 0. The van der Waals surface area contributed by atoms with E-state index in [2.05, 4.69) is 53.5 Å². The highest BCUT2D eigenvalue weighted by Crippen LogP contribution is 2.21. The van der Waals surface area contributed by atoms with Crippen LogP contribution in [0.2, 0.25) is 0 Å². The molecule has 0 atom stereocenters. The monoisotopic (exact) mass is 185 g/mol. The van der Waals surface area contributed by atoms with Crippen molar-refractivity contribution in [3.05, 3.63) is 0 Å². The molecule has 0 unspecified atom stereocenters. The lowest BCUT2D eigenvalue weighted by molar-refractivity contribution is 0.165. The van der Waals surface area contributed by atoms with Crippen LogP contribution < -0.4 is 0 Å². The molecule has 0 aliphatic heterocycles. The average Bonchev–Trinajstić information content (AvgIpc) is 1.82. The van der Waals surface area contributed by atoms with E-state index in [4.69, 9.17) is 0 Å².